The number of guanidine groups is 1. The topological polar surface area (TPSA) is 75.3 Å². The fourth-order valence-electron chi connectivity index (χ4n) is 2.34. The molecule has 144 valence electrons. The van der Waals surface area contributed by atoms with Crippen LogP contribution in [0.2, 0.25) is 0 Å². The third-order valence-corrected chi connectivity index (χ3v) is 4.93. The van der Waals surface area contributed by atoms with E-state index in [-0.39, 0.29) is 24.0 Å². The van der Waals surface area contributed by atoms with Gasteiger partial charge in [0.05, 0.1) is 29.5 Å². The van der Waals surface area contributed by atoms with E-state index in [1.807, 2.05) is 30.3 Å². The molecule has 6 nitrogen and oxygen atoms in total. The smallest absolute Gasteiger partial charge is 0.226 e. The molecule has 0 unspecified atom stereocenters. The molecule has 1 aromatic carbocycles. The minimum atomic E-state index is 0. The molecule has 0 bridgehead atoms. The number of nitrogens with zero attached hydrogens (tertiary/aromatic N) is 3. The Kier molecular flexibility index (Phi) is 8.23. The fraction of sp³-hybridized carbons (Fsp3) is 0.316. The van der Waals surface area contributed by atoms with Gasteiger partial charge in [-0.25, -0.2) is 9.97 Å². The Balaban J connectivity index is 0.00000261. The zero-order valence-electron chi connectivity index (χ0n) is 15.6. The first kappa shape index (κ1) is 21.4. The highest BCUT2D eigenvalue weighted by atomic mass is 127. The number of aliphatic imine (C=N–C) groups is 1. The number of hydrogen-bond acceptors (Lipinski definition) is 5. The summed E-state index contributed by atoms with van der Waals surface area (Å²) in [5, 5.41) is 9.75. The summed E-state index contributed by atoms with van der Waals surface area (Å²) in [6, 6.07) is 9.85. The number of benzene rings is 1. The highest BCUT2D eigenvalue weighted by Gasteiger charge is 2.08. The van der Waals surface area contributed by atoms with Gasteiger partial charge in [-0.15, -0.1) is 35.3 Å². The molecular weight excluding hydrogens is 473 g/mol. The Morgan fingerprint density at radius 3 is 2.44 bits per heavy atom. The molecule has 0 radical (unpaired) electrons. The Morgan fingerprint density at radius 2 is 1.81 bits per heavy atom. The van der Waals surface area contributed by atoms with Gasteiger partial charge in [0.25, 0.3) is 0 Å². The number of rotatable bonds is 6. The fourth-order valence-corrected chi connectivity index (χ4v) is 3.17. The zero-order valence-corrected chi connectivity index (χ0v) is 18.7. The third kappa shape index (κ3) is 6.03. The second-order valence-electron chi connectivity index (χ2n) is 6.12. The standard InChI is InChI=1S/C19H23N5OS.HI/c1-13(2)18-24-16(12-26-18)10-22-19(20-3)21-9-15-11-25-17(23-15)14-7-5-4-6-8-14;/h4-8,11-13H,9-10H2,1-3H3,(H2,20,21,22);1H. The molecule has 0 saturated carbocycles. The van der Waals surface area contributed by atoms with Gasteiger partial charge in [0, 0.05) is 23.9 Å². The average molecular weight is 497 g/mol. The molecule has 2 aromatic heterocycles. The van der Waals surface area contributed by atoms with Crippen LogP contribution in [0.25, 0.3) is 11.5 Å². The van der Waals surface area contributed by atoms with Gasteiger partial charge in [-0.05, 0) is 12.1 Å². The van der Waals surface area contributed by atoms with Crippen molar-refractivity contribution in [1.82, 2.24) is 20.6 Å². The van der Waals surface area contributed by atoms with Gasteiger partial charge in [0.15, 0.2) is 5.96 Å². The normalized spacial score (nSPS) is 11.3. The quantitative estimate of drug-likeness (QED) is 0.300. The highest BCUT2D eigenvalue weighted by Crippen LogP contribution is 2.19. The summed E-state index contributed by atoms with van der Waals surface area (Å²) in [7, 11) is 1.74. The van der Waals surface area contributed by atoms with Crippen LogP contribution in [0.3, 0.4) is 0 Å². The molecule has 0 fully saturated rings. The van der Waals surface area contributed by atoms with Crippen LogP contribution in [0.4, 0.5) is 0 Å². The SMILES string of the molecule is CN=C(NCc1coc(-c2ccccc2)n1)NCc1csc(C(C)C)n1.I. The van der Waals surface area contributed by atoms with E-state index in [9.17, 15) is 0 Å². The third-order valence-electron chi connectivity index (χ3n) is 3.73. The second kappa shape index (κ2) is 10.4. The van der Waals surface area contributed by atoms with Gasteiger partial charge in [0.1, 0.15) is 6.26 Å². The van der Waals surface area contributed by atoms with Gasteiger partial charge in [-0.1, -0.05) is 32.0 Å². The van der Waals surface area contributed by atoms with Crippen molar-refractivity contribution in [3.05, 3.63) is 58.4 Å². The van der Waals surface area contributed by atoms with Gasteiger partial charge in [-0.3, -0.25) is 4.99 Å². The van der Waals surface area contributed by atoms with Crippen molar-refractivity contribution in [2.75, 3.05) is 7.05 Å². The molecule has 3 aromatic rings. The van der Waals surface area contributed by atoms with Gasteiger partial charge in [-0.2, -0.15) is 0 Å². The number of nitrogens with one attached hydrogen (secondary N) is 2. The molecular formula is C19H24IN5OS. The Bertz CT molecular complexity index is 860. The van der Waals surface area contributed by atoms with Crippen LogP contribution in [-0.4, -0.2) is 23.0 Å². The minimum Gasteiger partial charge on any atom is -0.444 e. The molecule has 0 aliphatic carbocycles. The summed E-state index contributed by atoms with van der Waals surface area (Å²) in [5.74, 6) is 1.78. The number of aromatic nitrogens is 2. The monoisotopic (exact) mass is 497 g/mol. The molecule has 8 heteroatoms. The summed E-state index contributed by atoms with van der Waals surface area (Å²) in [6.07, 6.45) is 1.66. The highest BCUT2D eigenvalue weighted by molar-refractivity contribution is 14.0. The Hall–Kier alpha value is -1.94. The van der Waals surface area contributed by atoms with E-state index >= 15 is 0 Å². The Morgan fingerprint density at radius 1 is 1.11 bits per heavy atom. The lowest BCUT2D eigenvalue weighted by atomic mass is 10.2. The first-order valence-corrected chi connectivity index (χ1v) is 9.42. The van der Waals surface area contributed by atoms with Crippen LogP contribution in [0.15, 0.2) is 51.4 Å². The Labute approximate surface area is 180 Å². The molecule has 0 spiro atoms. The molecule has 0 aliphatic rings. The van der Waals surface area contributed by atoms with Crippen molar-refractivity contribution in [2.24, 2.45) is 4.99 Å². The van der Waals surface area contributed by atoms with Crippen LogP contribution >= 0.6 is 35.3 Å². The van der Waals surface area contributed by atoms with Crippen LogP contribution in [0.5, 0.6) is 0 Å². The number of thiazole rings is 1. The zero-order chi connectivity index (χ0) is 18.4. The first-order chi connectivity index (χ1) is 12.7. The van der Waals surface area contributed by atoms with E-state index in [4.69, 9.17) is 4.42 Å². The van der Waals surface area contributed by atoms with E-state index in [2.05, 4.69) is 44.8 Å². The molecule has 0 atom stereocenters. The summed E-state index contributed by atoms with van der Waals surface area (Å²) in [6.45, 7) is 5.47. The first-order valence-electron chi connectivity index (χ1n) is 8.54. The van der Waals surface area contributed by atoms with Crippen LogP contribution in [-0.2, 0) is 13.1 Å². The minimum absolute atomic E-state index is 0. The molecule has 27 heavy (non-hydrogen) atoms. The number of hydrogen-bond donors (Lipinski definition) is 2. The van der Waals surface area contributed by atoms with Crippen molar-refractivity contribution in [2.45, 2.75) is 32.9 Å². The summed E-state index contributed by atoms with van der Waals surface area (Å²) in [5.41, 5.74) is 2.81. The largest absolute Gasteiger partial charge is 0.444 e. The number of halogens is 1. The molecule has 2 N–H and O–H groups in total. The molecule has 0 aliphatic heterocycles. The van der Waals surface area contributed by atoms with Crippen molar-refractivity contribution < 1.29 is 4.42 Å². The van der Waals surface area contributed by atoms with Crippen LogP contribution < -0.4 is 10.6 Å². The van der Waals surface area contributed by atoms with E-state index in [0.29, 0.717) is 30.9 Å². The lowest BCUT2D eigenvalue weighted by Crippen LogP contribution is -2.36. The van der Waals surface area contributed by atoms with Crippen molar-refractivity contribution in [1.29, 1.82) is 0 Å². The van der Waals surface area contributed by atoms with Crippen molar-refractivity contribution in [3.8, 4) is 11.5 Å². The lowest BCUT2D eigenvalue weighted by Gasteiger charge is -2.09. The van der Waals surface area contributed by atoms with Gasteiger partial charge < -0.3 is 15.1 Å². The second-order valence-corrected chi connectivity index (χ2v) is 7.01. The summed E-state index contributed by atoms with van der Waals surface area (Å²) < 4.78 is 5.55. The molecule has 3 rings (SSSR count). The van der Waals surface area contributed by atoms with E-state index in [0.717, 1.165) is 22.0 Å². The van der Waals surface area contributed by atoms with Crippen LogP contribution in [0, 0.1) is 0 Å². The number of oxazole rings is 1. The average Bonchev–Trinajstić information content (AvgIpc) is 3.32. The van der Waals surface area contributed by atoms with E-state index in [1.165, 1.54) is 0 Å². The predicted molar refractivity (Wildman–Crippen MR) is 121 cm³/mol. The van der Waals surface area contributed by atoms with Gasteiger partial charge in [0.2, 0.25) is 5.89 Å². The van der Waals surface area contributed by atoms with Crippen molar-refractivity contribution >= 4 is 41.3 Å². The van der Waals surface area contributed by atoms with Crippen LogP contribution in [0.1, 0.15) is 36.2 Å². The summed E-state index contributed by atoms with van der Waals surface area (Å²) >= 11 is 1.69. The molecule has 2 heterocycles. The lowest BCUT2D eigenvalue weighted by molar-refractivity contribution is 0.572. The summed E-state index contributed by atoms with van der Waals surface area (Å²) in [4.78, 5) is 13.4. The van der Waals surface area contributed by atoms with Gasteiger partial charge >= 0.3 is 0 Å². The molecule has 0 amide bonds. The van der Waals surface area contributed by atoms with E-state index in [1.54, 1.807) is 24.6 Å². The van der Waals surface area contributed by atoms with Crippen molar-refractivity contribution in [3.63, 3.8) is 0 Å². The maximum Gasteiger partial charge on any atom is 0.226 e. The van der Waals surface area contributed by atoms with E-state index < -0.39 is 0 Å². The maximum absolute atomic E-state index is 5.55. The maximum atomic E-state index is 5.55. The molecule has 0 saturated heterocycles. The predicted octanol–water partition coefficient (Wildman–Crippen LogP) is 4.40.